The van der Waals surface area contributed by atoms with E-state index in [0.717, 1.165) is 12.8 Å². The average Bonchev–Trinajstić information content (AvgIpc) is 2.38. The molecule has 2 amide bonds. The van der Waals surface area contributed by atoms with E-state index < -0.39 is 11.9 Å². The van der Waals surface area contributed by atoms with Gasteiger partial charge in [-0.3, -0.25) is 4.79 Å². The molecule has 0 spiro atoms. The average molecular weight is 286 g/mol. The number of piperidine rings is 1. The lowest BCUT2D eigenvalue weighted by atomic mass is 9.92. The normalized spacial score (nSPS) is 19.8. The number of carbonyl (C=O) groups excluding carboxylic acids is 1. The molecule has 0 aliphatic carbocycles. The topological polar surface area (TPSA) is 89.9 Å². The predicted molar refractivity (Wildman–Crippen MR) is 75.3 cm³/mol. The van der Waals surface area contributed by atoms with Gasteiger partial charge in [-0.2, -0.15) is 0 Å². The Morgan fingerprint density at radius 2 is 1.80 bits per heavy atom. The van der Waals surface area contributed by atoms with Crippen molar-refractivity contribution in [1.29, 1.82) is 0 Å². The van der Waals surface area contributed by atoms with Crippen LogP contribution in [0, 0.1) is 17.8 Å². The molecule has 2 unspecified atom stereocenters. The molecule has 3 N–H and O–H groups in total. The summed E-state index contributed by atoms with van der Waals surface area (Å²) in [5, 5.41) is 21.3. The minimum Gasteiger partial charge on any atom is -0.481 e. The summed E-state index contributed by atoms with van der Waals surface area (Å²) in [4.78, 5) is 24.7. The fraction of sp³-hybridized carbons (Fsp3) is 0.857. The largest absolute Gasteiger partial charge is 0.481 e. The van der Waals surface area contributed by atoms with Crippen LogP contribution in [-0.4, -0.2) is 52.9 Å². The van der Waals surface area contributed by atoms with Crippen molar-refractivity contribution in [1.82, 2.24) is 10.2 Å². The number of urea groups is 1. The van der Waals surface area contributed by atoms with E-state index >= 15 is 0 Å². The van der Waals surface area contributed by atoms with Crippen molar-refractivity contribution in [3.63, 3.8) is 0 Å². The van der Waals surface area contributed by atoms with Gasteiger partial charge in [0.15, 0.2) is 0 Å². The molecule has 6 heteroatoms. The zero-order valence-corrected chi connectivity index (χ0v) is 12.5. The molecule has 1 heterocycles. The number of carboxylic acid groups (broad SMARTS) is 1. The Balaban J connectivity index is 2.39. The number of likely N-dealkylation sites (tertiary alicyclic amines) is 1. The maximum atomic E-state index is 12.0. The summed E-state index contributed by atoms with van der Waals surface area (Å²) in [6.07, 6.45) is 1.24. The molecule has 1 rings (SSSR count). The minimum atomic E-state index is -0.881. The summed E-state index contributed by atoms with van der Waals surface area (Å²) in [6, 6.07) is -0.207. The number of carboxylic acids is 1. The molecule has 116 valence electrons. The molecule has 6 nitrogen and oxygen atoms in total. The summed E-state index contributed by atoms with van der Waals surface area (Å²) in [6.45, 7) is 6.82. The molecule has 0 radical (unpaired) electrons. The first-order valence-electron chi connectivity index (χ1n) is 7.26. The first kappa shape index (κ1) is 16.8. The summed E-state index contributed by atoms with van der Waals surface area (Å²) in [7, 11) is 0. The number of nitrogens with zero attached hydrogens (tertiary/aromatic N) is 1. The molecule has 0 aromatic heterocycles. The van der Waals surface area contributed by atoms with E-state index in [9.17, 15) is 14.7 Å². The fourth-order valence-corrected chi connectivity index (χ4v) is 2.50. The van der Waals surface area contributed by atoms with Gasteiger partial charge in [0.1, 0.15) is 0 Å². The Morgan fingerprint density at radius 3 is 2.20 bits per heavy atom. The molecular formula is C14H26N2O4. The van der Waals surface area contributed by atoms with Crippen molar-refractivity contribution in [3.05, 3.63) is 0 Å². The highest BCUT2D eigenvalue weighted by Crippen LogP contribution is 2.20. The third-order valence-electron chi connectivity index (χ3n) is 4.10. The number of aliphatic hydroxyl groups is 1. The van der Waals surface area contributed by atoms with Gasteiger partial charge < -0.3 is 20.4 Å². The number of carbonyl (C=O) groups is 2. The lowest BCUT2D eigenvalue weighted by molar-refractivity contribution is -0.142. The third-order valence-corrected chi connectivity index (χ3v) is 4.10. The maximum Gasteiger partial charge on any atom is 0.317 e. The first-order chi connectivity index (χ1) is 9.32. The molecule has 1 aliphatic heterocycles. The molecule has 0 bridgehead atoms. The van der Waals surface area contributed by atoms with Crippen LogP contribution < -0.4 is 5.32 Å². The van der Waals surface area contributed by atoms with Crippen LogP contribution in [0.15, 0.2) is 0 Å². The van der Waals surface area contributed by atoms with Crippen LogP contribution >= 0.6 is 0 Å². The van der Waals surface area contributed by atoms with E-state index in [4.69, 9.17) is 5.11 Å². The number of aliphatic hydroxyl groups excluding tert-OH is 1. The van der Waals surface area contributed by atoms with Gasteiger partial charge in [0, 0.05) is 19.6 Å². The van der Waals surface area contributed by atoms with Crippen molar-refractivity contribution in [3.8, 4) is 0 Å². The van der Waals surface area contributed by atoms with E-state index in [1.807, 2.05) is 13.8 Å². The second-order valence-corrected chi connectivity index (χ2v) is 5.94. The second kappa shape index (κ2) is 7.47. The fourth-order valence-electron chi connectivity index (χ4n) is 2.50. The quantitative estimate of drug-likeness (QED) is 0.707. The van der Waals surface area contributed by atoms with Gasteiger partial charge in [-0.25, -0.2) is 4.79 Å². The smallest absolute Gasteiger partial charge is 0.317 e. The van der Waals surface area contributed by atoms with Crippen LogP contribution in [0.1, 0.15) is 33.6 Å². The number of hydrogen-bond acceptors (Lipinski definition) is 3. The van der Waals surface area contributed by atoms with E-state index in [0.29, 0.717) is 13.1 Å². The summed E-state index contributed by atoms with van der Waals surface area (Å²) >= 11 is 0. The summed E-state index contributed by atoms with van der Waals surface area (Å²) in [5.41, 5.74) is 0. The Kier molecular flexibility index (Phi) is 6.26. The van der Waals surface area contributed by atoms with Gasteiger partial charge in [-0.1, -0.05) is 13.8 Å². The standard InChI is InChI=1S/C14H26N2O4/c1-9(2)12(13(18)19)8-15-14(20)16-6-4-11(5-7-16)10(3)17/h9-12,17H,4-8H2,1-3H3,(H,15,20)(H,18,19). The lowest BCUT2D eigenvalue weighted by Crippen LogP contribution is -2.47. The van der Waals surface area contributed by atoms with E-state index in [-0.39, 0.29) is 30.5 Å². The minimum absolute atomic E-state index is 0.0197. The monoisotopic (exact) mass is 286 g/mol. The van der Waals surface area contributed by atoms with Crippen LogP contribution in [0.4, 0.5) is 4.79 Å². The SMILES string of the molecule is CC(C)C(CNC(=O)N1CCC(C(C)O)CC1)C(=O)O. The summed E-state index contributed by atoms with van der Waals surface area (Å²) in [5.74, 6) is -1.21. The predicted octanol–water partition coefficient (Wildman–Crippen LogP) is 1.15. The third kappa shape index (κ3) is 4.67. The Morgan fingerprint density at radius 1 is 1.25 bits per heavy atom. The molecular weight excluding hydrogens is 260 g/mol. The second-order valence-electron chi connectivity index (χ2n) is 5.94. The van der Waals surface area contributed by atoms with E-state index in [1.54, 1.807) is 11.8 Å². The van der Waals surface area contributed by atoms with Crippen LogP contribution in [0.25, 0.3) is 0 Å². The van der Waals surface area contributed by atoms with Crippen molar-refractivity contribution in [2.45, 2.75) is 39.7 Å². The highest BCUT2D eigenvalue weighted by molar-refractivity contribution is 5.76. The molecule has 0 saturated carbocycles. The Bertz CT molecular complexity index is 336. The van der Waals surface area contributed by atoms with Crippen LogP contribution in [0.2, 0.25) is 0 Å². The van der Waals surface area contributed by atoms with E-state index in [2.05, 4.69) is 5.32 Å². The summed E-state index contributed by atoms with van der Waals surface area (Å²) < 4.78 is 0. The van der Waals surface area contributed by atoms with E-state index in [1.165, 1.54) is 0 Å². The molecule has 2 atom stereocenters. The van der Waals surface area contributed by atoms with Crippen molar-refractivity contribution >= 4 is 12.0 Å². The van der Waals surface area contributed by atoms with Gasteiger partial charge >= 0.3 is 12.0 Å². The van der Waals surface area contributed by atoms with Crippen molar-refractivity contribution in [2.75, 3.05) is 19.6 Å². The zero-order chi connectivity index (χ0) is 15.3. The van der Waals surface area contributed by atoms with Crippen LogP contribution in [0.5, 0.6) is 0 Å². The van der Waals surface area contributed by atoms with Gasteiger partial charge in [0.2, 0.25) is 0 Å². The molecule has 1 fully saturated rings. The highest BCUT2D eigenvalue weighted by Gasteiger charge is 2.27. The molecule has 0 aromatic rings. The zero-order valence-electron chi connectivity index (χ0n) is 12.5. The number of hydrogen-bond donors (Lipinski definition) is 3. The molecule has 20 heavy (non-hydrogen) atoms. The number of nitrogens with one attached hydrogen (secondary N) is 1. The maximum absolute atomic E-state index is 12.0. The van der Waals surface area contributed by atoms with Crippen LogP contribution in [0.3, 0.4) is 0 Å². The lowest BCUT2D eigenvalue weighted by Gasteiger charge is -2.33. The van der Waals surface area contributed by atoms with Gasteiger partial charge in [0.25, 0.3) is 0 Å². The molecule has 0 aromatic carbocycles. The molecule has 1 saturated heterocycles. The Labute approximate surface area is 120 Å². The number of amides is 2. The number of aliphatic carboxylic acids is 1. The highest BCUT2D eigenvalue weighted by atomic mass is 16.4. The number of rotatable bonds is 5. The Hall–Kier alpha value is -1.30. The van der Waals surface area contributed by atoms with Gasteiger partial charge in [0.05, 0.1) is 12.0 Å². The van der Waals surface area contributed by atoms with Gasteiger partial charge in [-0.15, -0.1) is 0 Å². The molecule has 1 aliphatic rings. The van der Waals surface area contributed by atoms with Crippen molar-refractivity contribution in [2.24, 2.45) is 17.8 Å². The van der Waals surface area contributed by atoms with Crippen LogP contribution in [-0.2, 0) is 4.79 Å². The first-order valence-corrected chi connectivity index (χ1v) is 7.26. The van der Waals surface area contributed by atoms with Gasteiger partial charge in [-0.05, 0) is 31.6 Å². The van der Waals surface area contributed by atoms with Crippen molar-refractivity contribution < 1.29 is 19.8 Å².